The van der Waals surface area contributed by atoms with Crippen LogP contribution in [-0.2, 0) is 6.54 Å². The molecule has 0 aliphatic carbocycles. The van der Waals surface area contributed by atoms with Gasteiger partial charge >= 0.3 is 0 Å². The molecule has 0 saturated heterocycles. The maximum Gasteiger partial charge on any atom is 0.255 e. The van der Waals surface area contributed by atoms with E-state index in [0.717, 1.165) is 0 Å². The molecular formula is C11H14N6O. The number of nitrogens with zero attached hydrogens (tertiary/aromatic N) is 3. The highest BCUT2D eigenvalue weighted by molar-refractivity contribution is 5.99. The van der Waals surface area contributed by atoms with Gasteiger partial charge in [0.15, 0.2) is 0 Å². The highest BCUT2D eigenvalue weighted by Crippen LogP contribution is 2.11. The second-order valence-corrected chi connectivity index (χ2v) is 3.62. The van der Waals surface area contributed by atoms with Gasteiger partial charge in [0, 0.05) is 37.9 Å². The highest BCUT2D eigenvalue weighted by Gasteiger charge is 2.09. The van der Waals surface area contributed by atoms with Gasteiger partial charge in [0.05, 0.1) is 17.6 Å². The van der Waals surface area contributed by atoms with E-state index in [1.165, 1.54) is 6.20 Å². The molecule has 0 aliphatic rings. The molecule has 7 nitrogen and oxygen atoms in total. The summed E-state index contributed by atoms with van der Waals surface area (Å²) >= 11 is 0. The van der Waals surface area contributed by atoms with Crippen molar-refractivity contribution in [2.75, 3.05) is 12.0 Å². The number of pyridine rings is 1. The fraction of sp³-hybridized carbons (Fsp3) is 0.182. The molecule has 2 rings (SSSR count). The smallest absolute Gasteiger partial charge is 0.255 e. The molecule has 2 aromatic heterocycles. The molecule has 18 heavy (non-hydrogen) atoms. The van der Waals surface area contributed by atoms with E-state index in [0.29, 0.717) is 24.3 Å². The van der Waals surface area contributed by atoms with Crippen molar-refractivity contribution in [1.82, 2.24) is 19.9 Å². The van der Waals surface area contributed by atoms with Gasteiger partial charge in [0.1, 0.15) is 0 Å². The van der Waals surface area contributed by atoms with Crippen LogP contribution in [0.1, 0.15) is 10.4 Å². The second kappa shape index (κ2) is 5.78. The van der Waals surface area contributed by atoms with E-state index in [-0.39, 0.29) is 5.91 Å². The van der Waals surface area contributed by atoms with Crippen LogP contribution < -0.4 is 16.6 Å². The molecule has 4 N–H and O–H groups in total. The van der Waals surface area contributed by atoms with Crippen LogP contribution in [0.25, 0.3) is 0 Å². The Labute approximate surface area is 104 Å². The Balaban J connectivity index is 1.91. The molecule has 0 spiro atoms. The Bertz CT molecular complexity index is 510. The molecule has 0 aromatic carbocycles. The summed E-state index contributed by atoms with van der Waals surface area (Å²) in [5.41, 5.74) is 3.43. The number of carbonyl (C=O) groups excluding carboxylic acids is 1. The predicted molar refractivity (Wildman–Crippen MR) is 66.6 cm³/mol. The van der Waals surface area contributed by atoms with E-state index in [1.807, 2.05) is 10.8 Å². The van der Waals surface area contributed by atoms with E-state index in [1.54, 1.807) is 24.8 Å². The zero-order chi connectivity index (χ0) is 12.8. The molecule has 0 radical (unpaired) electrons. The van der Waals surface area contributed by atoms with E-state index in [2.05, 4.69) is 20.7 Å². The number of carbonyl (C=O) groups is 1. The van der Waals surface area contributed by atoms with Crippen molar-refractivity contribution in [1.29, 1.82) is 0 Å². The Morgan fingerprint density at radius 2 is 2.28 bits per heavy atom. The fourth-order valence-electron chi connectivity index (χ4n) is 1.51. The summed E-state index contributed by atoms with van der Waals surface area (Å²) in [7, 11) is 0. The fourth-order valence-corrected chi connectivity index (χ4v) is 1.51. The Hall–Kier alpha value is -2.41. The lowest BCUT2D eigenvalue weighted by Gasteiger charge is -2.09. The molecule has 0 unspecified atom stereocenters. The van der Waals surface area contributed by atoms with Crippen LogP contribution in [0.5, 0.6) is 0 Å². The van der Waals surface area contributed by atoms with Gasteiger partial charge in [-0.3, -0.25) is 15.6 Å². The third-order valence-electron chi connectivity index (χ3n) is 2.44. The molecule has 0 fully saturated rings. The van der Waals surface area contributed by atoms with E-state index >= 15 is 0 Å². The maximum absolute atomic E-state index is 11.9. The number of hydrogen-bond acceptors (Lipinski definition) is 5. The van der Waals surface area contributed by atoms with Crippen LogP contribution in [0.4, 0.5) is 5.69 Å². The van der Waals surface area contributed by atoms with Gasteiger partial charge in [0.2, 0.25) is 0 Å². The minimum Gasteiger partial charge on any atom is -0.350 e. The van der Waals surface area contributed by atoms with E-state index in [9.17, 15) is 4.79 Å². The summed E-state index contributed by atoms with van der Waals surface area (Å²) in [6, 6.07) is 1.64. The molecule has 94 valence electrons. The maximum atomic E-state index is 11.9. The van der Waals surface area contributed by atoms with Crippen molar-refractivity contribution >= 4 is 11.6 Å². The summed E-state index contributed by atoms with van der Waals surface area (Å²) in [4.78, 5) is 19.7. The van der Waals surface area contributed by atoms with Crippen LogP contribution in [0, 0.1) is 0 Å². The molecule has 0 atom stereocenters. The summed E-state index contributed by atoms with van der Waals surface area (Å²) in [5.74, 6) is 5.11. The summed E-state index contributed by atoms with van der Waals surface area (Å²) in [6.07, 6.45) is 8.27. The number of anilines is 1. The molecule has 2 heterocycles. The van der Waals surface area contributed by atoms with E-state index in [4.69, 9.17) is 5.84 Å². The molecule has 7 heteroatoms. The number of amides is 1. The summed E-state index contributed by atoms with van der Waals surface area (Å²) < 4.78 is 1.88. The van der Waals surface area contributed by atoms with Crippen LogP contribution >= 0.6 is 0 Å². The summed E-state index contributed by atoms with van der Waals surface area (Å²) in [5, 5.41) is 2.79. The topological polar surface area (TPSA) is 97.9 Å². The normalized spacial score (nSPS) is 10.1. The number of imidazole rings is 1. The zero-order valence-electron chi connectivity index (χ0n) is 9.71. The minimum absolute atomic E-state index is 0.212. The largest absolute Gasteiger partial charge is 0.350 e. The van der Waals surface area contributed by atoms with Crippen molar-refractivity contribution in [3.8, 4) is 0 Å². The number of hydrazine groups is 1. The average Bonchev–Trinajstić information content (AvgIpc) is 2.91. The molecule has 1 amide bonds. The average molecular weight is 246 g/mol. The highest BCUT2D eigenvalue weighted by atomic mass is 16.1. The second-order valence-electron chi connectivity index (χ2n) is 3.62. The van der Waals surface area contributed by atoms with E-state index < -0.39 is 0 Å². The molecule has 0 saturated carbocycles. The lowest BCUT2D eigenvalue weighted by atomic mass is 10.2. The standard InChI is InChI=1S/C11H14N6O/c12-16-10-1-2-13-7-9(10)11(18)15-4-6-17-5-3-14-8-17/h1-3,5,7-8H,4,6,12H2,(H,13,16)(H,15,18). The molecule has 0 bridgehead atoms. The number of hydrogen-bond donors (Lipinski definition) is 3. The summed E-state index contributed by atoms with van der Waals surface area (Å²) in [6.45, 7) is 1.17. The zero-order valence-corrected chi connectivity index (χ0v) is 9.71. The van der Waals surface area contributed by atoms with Crippen molar-refractivity contribution < 1.29 is 4.79 Å². The Morgan fingerprint density at radius 1 is 1.39 bits per heavy atom. The van der Waals surface area contributed by atoms with Crippen molar-refractivity contribution in [3.05, 3.63) is 42.7 Å². The van der Waals surface area contributed by atoms with Crippen LogP contribution in [0.15, 0.2) is 37.2 Å². The molecule has 2 aromatic rings. The number of nitrogens with two attached hydrogens (primary N) is 1. The number of nitrogen functional groups attached to an aromatic ring is 1. The predicted octanol–water partition coefficient (Wildman–Crippen LogP) is -0.00630. The van der Waals surface area contributed by atoms with Crippen molar-refractivity contribution in [3.63, 3.8) is 0 Å². The van der Waals surface area contributed by atoms with Crippen LogP contribution in [-0.4, -0.2) is 27.0 Å². The van der Waals surface area contributed by atoms with Gasteiger partial charge in [-0.15, -0.1) is 0 Å². The molecular weight excluding hydrogens is 232 g/mol. The lowest BCUT2D eigenvalue weighted by molar-refractivity contribution is 0.0952. The third-order valence-corrected chi connectivity index (χ3v) is 2.44. The third kappa shape index (κ3) is 2.83. The van der Waals surface area contributed by atoms with Crippen LogP contribution in [0.2, 0.25) is 0 Å². The van der Waals surface area contributed by atoms with Crippen molar-refractivity contribution in [2.24, 2.45) is 5.84 Å². The minimum atomic E-state index is -0.212. The van der Waals surface area contributed by atoms with Gasteiger partial charge in [-0.25, -0.2) is 4.98 Å². The van der Waals surface area contributed by atoms with Gasteiger partial charge in [-0.1, -0.05) is 0 Å². The lowest BCUT2D eigenvalue weighted by Crippen LogP contribution is -2.28. The quantitative estimate of drug-likeness (QED) is 0.509. The number of nitrogens with one attached hydrogen (secondary N) is 2. The first-order valence-electron chi connectivity index (χ1n) is 5.46. The number of rotatable bonds is 5. The monoisotopic (exact) mass is 246 g/mol. The van der Waals surface area contributed by atoms with Gasteiger partial charge < -0.3 is 15.3 Å². The van der Waals surface area contributed by atoms with Gasteiger partial charge in [-0.05, 0) is 6.07 Å². The van der Waals surface area contributed by atoms with Crippen LogP contribution in [0.3, 0.4) is 0 Å². The first-order chi connectivity index (χ1) is 8.81. The van der Waals surface area contributed by atoms with Gasteiger partial charge in [0.25, 0.3) is 5.91 Å². The molecule has 0 aliphatic heterocycles. The SMILES string of the molecule is NNc1ccncc1C(=O)NCCn1ccnc1. The Morgan fingerprint density at radius 3 is 3.00 bits per heavy atom. The van der Waals surface area contributed by atoms with Gasteiger partial charge in [-0.2, -0.15) is 0 Å². The first-order valence-corrected chi connectivity index (χ1v) is 5.46. The first kappa shape index (κ1) is 12.1. The van der Waals surface area contributed by atoms with Crippen molar-refractivity contribution in [2.45, 2.75) is 6.54 Å². The number of aromatic nitrogens is 3. The Kier molecular flexibility index (Phi) is 3.87.